The summed E-state index contributed by atoms with van der Waals surface area (Å²) < 4.78 is 6.99. The van der Waals surface area contributed by atoms with Crippen molar-refractivity contribution in [1.82, 2.24) is 15.0 Å². The van der Waals surface area contributed by atoms with Crippen molar-refractivity contribution in [3.05, 3.63) is 210 Å². The third-order valence-corrected chi connectivity index (χ3v) is 11.3. The molecule has 1 aliphatic heterocycles. The molecule has 0 bridgehead atoms. The van der Waals surface area contributed by atoms with Crippen LogP contribution in [-0.2, 0) is 5.41 Å². The predicted octanol–water partition coefficient (Wildman–Crippen LogP) is 12.5. The first-order valence-corrected chi connectivity index (χ1v) is 18.7. The lowest BCUT2D eigenvalue weighted by Gasteiger charge is -2.42. The van der Waals surface area contributed by atoms with Crippen LogP contribution in [0.3, 0.4) is 0 Å². The lowest BCUT2D eigenvalue weighted by molar-refractivity contribution is 0.440. The number of para-hydroxylation sites is 1. The molecule has 0 saturated heterocycles. The van der Waals surface area contributed by atoms with Gasteiger partial charge in [0.2, 0.25) is 0 Å². The summed E-state index contributed by atoms with van der Waals surface area (Å²) in [6.45, 7) is 2.10. The Bertz CT molecular complexity index is 2990. The fraction of sp³-hybridized carbons (Fsp3) is 0.0392. The van der Waals surface area contributed by atoms with Gasteiger partial charge in [0.15, 0.2) is 17.5 Å². The van der Waals surface area contributed by atoms with E-state index in [0.29, 0.717) is 17.5 Å². The number of benzene rings is 8. The topological polar surface area (TPSA) is 47.9 Å². The van der Waals surface area contributed by atoms with Crippen LogP contribution in [0.25, 0.3) is 67.2 Å². The molecule has 8 aromatic carbocycles. The largest absolute Gasteiger partial charge is 0.456 e. The number of ether oxygens (including phenoxy) is 1. The van der Waals surface area contributed by atoms with Gasteiger partial charge in [-0.1, -0.05) is 169 Å². The molecular formula is C51H33N3O. The Morgan fingerprint density at radius 2 is 1.00 bits per heavy atom. The Kier molecular flexibility index (Phi) is 6.95. The van der Waals surface area contributed by atoms with E-state index in [-0.39, 0.29) is 0 Å². The van der Waals surface area contributed by atoms with E-state index in [0.717, 1.165) is 66.8 Å². The van der Waals surface area contributed by atoms with Gasteiger partial charge in [0, 0.05) is 33.2 Å². The van der Waals surface area contributed by atoms with E-state index in [1.54, 1.807) is 0 Å². The molecule has 0 amide bonds. The Morgan fingerprint density at radius 1 is 0.400 bits per heavy atom. The molecule has 0 N–H and O–H groups in total. The first-order valence-electron chi connectivity index (χ1n) is 18.7. The highest BCUT2D eigenvalue weighted by molar-refractivity contribution is 5.97. The highest BCUT2D eigenvalue weighted by Gasteiger charge is 2.49. The van der Waals surface area contributed by atoms with Gasteiger partial charge in [-0.05, 0) is 63.9 Å². The van der Waals surface area contributed by atoms with Crippen LogP contribution in [0, 0.1) is 6.92 Å². The maximum absolute atomic E-state index is 6.99. The highest BCUT2D eigenvalue weighted by Crippen LogP contribution is 2.62. The molecule has 9 aromatic rings. The van der Waals surface area contributed by atoms with Crippen LogP contribution in [0.5, 0.6) is 11.5 Å². The molecule has 11 rings (SSSR count). The van der Waals surface area contributed by atoms with Gasteiger partial charge < -0.3 is 4.74 Å². The van der Waals surface area contributed by atoms with E-state index in [4.69, 9.17) is 19.7 Å². The number of fused-ring (bicyclic) bond motifs is 13. The van der Waals surface area contributed by atoms with E-state index in [1.807, 2.05) is 18.2 Å². The molecule has 55 heavy (non-hydrogen) atoms. The summed E-state index contributed by atoms with van der Waals surface area (Å²) in [6.07, 6.45) is 0. The quantitative estimate of drug-likeness (QED) is 0.184. The zero-order chi connectivity index (χ0) is 36.5. The first-order chi connectivity index (χ1) is 27.2. The molecule has 4 heteroatoms. The van der Waals surface area contributed by atoms with Gasteiger partial charge >= 0.3 is 0 Å². The molecule has 258 valence electrons. The third kappa shape index (κ3) is 4.75. The third-order valence-electron chi connectivity index (χ3n) is 11.3. The lowest BCUT2D eigenvalue weighted by Crippen LogP contribution is -2.35. The smallest absolute Gasteiger partial charge is 0.164 e. The molecule has 1 unspecified atom stereocenters. The van der Waals surface area contributed by atoms with Crippen LogP contribution in [0.1, 0.15) is 27.8 Å². The van der Waals surface area contributed by atoms with E-state index in [1.165, 1.54) is 22.3 Å². The van der Waals surface area contributed by atoms with Crippen molar-refractivity contribution in [3.63, 3.8) is 0 Å². The maximum atomic E-state index is 6.99. The van der Waals surface area contributed by atoms with Crippen LogP contribution in [-0.4, -0.2) is 15.0 Å². The van der Waals surface area contributed by atoms with Crippen molar-refractivity contribution in [3.8, 4) is 67.9 Å². The first kappa shape index (κ1) is 31.4. The SMILES string of the molecule is Cc1cccc(-c2nc(-c3ccccc3)nc(-c3ccc4c(c3)C3(c5ccccc5Oc5c3ccc3ccccc53)c3ccccc3-c3ccccc3-4)n2)c1. The zero-order valence-electron chi connectivity index (χ0n) is 30.1. The van der Waals surface area contributed by atoms with Gasteiger partial charge in [0.1, 0.15) is 11.5 Å². The number of hydrogen-bond donors (Lipinski definition) is 0. The number of aromatic nitrogens is 3. The minimum Gasteiger partial charge on any atom is -0.456 e. The summed E-state index contributed by atoms with van der Waals surface area (Å²) in [5, 5.41) is 2.22. The van der Waals surface area contributed by atoms with Crippen LogP contribution in [0.15, 0.2) is 182 Å². The van der Waals surface area contributed by atoms with Crippen molar-refractivity contribution in [1.29, 1.82) is 0 Å². The summed E-state index contributed by atoms with van der Waals surface area (Å²) in [4.78, 5) is 15.5. The van der Waals surface area contributed by atoms with Crippen molar-refractivity contribution >= 4 is 10.8 Å². The van der Waals surface area contributed by atoms with Crippen molar-refractivity contribution in [2.75, 3.05) is 0 Å². The van der Waals surface area contributed by atoms with Crippen molar-refractivity contribution < 1.29 is 4.74 Å². The molecule has 2 aliphatic rings. The van der Waals surface area contributed by atoms with Crippen LogP contribution in [0.2, 0.25) is 0 Å². The Hall–Kier alpha value is -7.17. The average Bonchev–Trinajstić information content (AvgIpc) is 3.35. The minimum absolute atomic E-state index is 0.619. The van der Waals surface area contributed by atoms with Gasteiger partial charge in [-0.25, -0.2) is 15.0 Å². The summed E-state index contributed by atoms with van der Waals surface area (Å²) in [6, 6.07) is 64.6. The maximum Gasteiger partial charge on any atom is 0.164 e. The van der Waals surface area contributed by atoms with Gasteiger partial charge in [-0.15, -0.1) is 0 Å². The summed E-state index contributed by atoms with van der Waals surface area (Å²) >= 11 is 0. The molecule has 2 heterocycles. The van der Waals surface area contributed by atoms with Gasteiger partial charge in [0.05, 0.1) is 5.41 Å². The summed E-state index contributed by atoms with van der Waals surface area (Å²) in [7, 11) is 0. The van der Waals surface area contributed by atoms with E-state index >= 15 is 0 Å². The Morgan fingerprint density at radius 3 is 1.78 bits per heavy atom. The van der Waals surface area contributed by atoms with Gasteiger partial charge in [0.25, 0.3) is 0 Å². The second-order valence-electron chi connectivity index (χ2n) is 14.4. The number of nitrogens with zero attached hydrogens (tertiary/aromatic N) is 3. The minimum atomic E-state index is -0.760. The predicted molar refractivity (Wildman–Crippen MR) is 221 cm³/mol. The fourth-order valence-electron chi connectivity index (χ4n) is 8.86. The van der Waals surface area contributed by atoms with E-state index in [2.05, 4.69) is 171 Å². The molecule has 1 spiro atoms. The van der Waals surface area contributed by atoms with Crippen LogP contribution in [0.4, 0.5) is 0 Å². The molecule has 0 radical (unpaired) electrons. The molecule has 0 fully saturated rings. The van der Waals surface area contributed by atoms with Gasteiger partial charge in [-0.2, -0.15) is 0 Å². The van der Waals surface area contributed by atoms with Gasteiger partial charge in [-0.3, -0.25) is 0 Å². The normalized spacial score (nSPS) is 14.9. The monoisotopic (exact) mass is 703 g/mol. The fourth-order valence-corrected chi connectivity index (χ4v) is 8.86. The molecule has 1 atom stereocenters. The Balaban J connectivity index is 1.28. The standard InChI is InChI=1S/C51H33N3O/c1-32-14-13-18-35(30-32)49-52-48(34-16-3-2-4-17-34)53-50(54-49)36-26-28-41-39-21-8-7-20-38(39)40-22-9-10-23-42(40)51(45(41)31-36)43-24-11-12-25-46(43)55-47-37-19-6-5-15-33(37)27-29-44(47)51/h2-31H,1H3. The number of hydrogen-bond acceptors (Lipinski definition) is 4. The summed E-state index contributed by atoms with van der Waals surface area (Å²) in [5.41, 5.74) is 12.5. The van der Waals surface area contributed by atoms with Crippen molar-refractivity contribution in [2.45, 2.75) is 12.3 Å². The van der Waals surface area contributed by atoms with Crippen molar-refractivity contribution in [2.24, 2.45) is 0 Å². The molecule has 0 saturated carbocycles. The molecule has 1 aromatic heterocycles. The second kappa shape index (κ2) is 12.2. The lowest BCUT2D eigenvalue weighted by atomic mass is 9.61. The average molecular weight is 704 g/mol. The number of aryl methyl sites for hydroxylation is 1. The molecule has 4 nitrogen and oxygen atoms in total. The zero-order valence-corrected chi connectivity index (χ0v) is 30.1. The highest BCUT2D eigenvalue weighted by atomic mass is 16.5. The number of rotatable bonds is 3. The summed E-state index contributed by atoms with van der Waals surface area (Å²) in [5.74, 6) is 3.61. The van der Waals surface area contributed by atoms with Crippen LogP contribution >= 0.6 is 0 Å². The second-order valence-corrected chi connectivity index (χ2v) is 14.4. The van der Waals surface area contributed by atoms with Crippen LogP contribution < -0.4 is 4.74 Å². The Labute approximate surface area is 319 Å². The molecule has 1 aliphatic carbocycles. The molecular weight excluding hydrogens is 671 g/mol. The van der Waals surface area contributed by atoms with E-state index < -0.39 is 5.41 Å². The van der Waals surface area contributed by atoms with E-state index in [9.17, 15) is 0 Å².